The second-order valence-electron chi connectivity index (χ2n) is 4.57. The van der Waals surface area contributed by atoms with Gasteiger partial charge >= 0.3 is 0 Å². The van der Waals surface area contributed by atoms with Gasteiger partial charge in [-0.15, -0.1) is 0 Å². The van der Waals surface area contributed by atoms with Gasteiger partial charge < -0.3 is 9.88 Å². The van der Waals surface area contributed by atoms with Crippen LogP contribution in [0, 0.1) is 6.92 Å². The molecule has 0 atom stereocenters. The molecule has 19 heavy (non-hydrogen) atoms. The number of hydrogen-bond donors (Lipinski definition) is 1. The molecule has 0 amide bonds. The van der Waals surface area contributed by atoms with E-state index in [1.807, 2.05) is 24.0 Å². The first-order chi connectivity index (χ1) is 9.20. The van der Waals surface area contributed by atoms with Crippen LogP contribution in [-0.4, -0.2) is 21.1 Å². The number of hydrogen-bond acceptors (Lipinski definition) is 4. The Kier molecular flexibility index (Phi) is 4.99. The Morgan fingerprint density at radius 3 is 2.84 bits per heavy atom. The van der Waals surface area contributed by atoms with Gasteiger partial charge in [-0.2, -0.15) is 0 Å². The highest BCUT2D eigenvalue weighted by Gasteiger charge is 2.07. The molecule has 0 spiro atoms. The molecule has 0 saturated heterocycles. The average Bonchev–Trinajstić information content (AvgIpc) is 2.79. The van der Waals surface area contributed by atoms with Crippen molar-refractivity contribution >= 4 is 11.8 Å². The van der Waals surface area contributed by atoms with Gasteiger partial charge in [-0.3, -0.25) is 0 Å². The monoisotopic (exact) mass is 276 g/mol. The number of imidazole rings is 1. The van der Waals surface area contributed by atoms with Crippen LogP contribution in [0.4, 0.5) is 0 Å². The molecule has 0 aliphatic heterocycles. The first kappa shape index (κ1) is 14.1. The predicted molar refractivity (Wildman–Crippen MR) is 78.3 cm³/mol. The van der Waals surface area contributed by atoms with Crippen molar-refractivity contribution < 1.29 is 0 Å². The maximum atomic E-state index is 4.54. The van der Waals surface area contributed by atoms with Crippen LogP contribution in [0.15, 0.2) is 34.8 Å². The molecule has 0 saturated carbocycles. The molecule has 0 radical (unpaired) electrons. The Bertz CT molecular complexity index is 536. The second-order valence-corrected chi connectivity index (χ2v) is 5.52. The molecule has 102 valence electrons. The molecule has 2 aromatic rings. The third kappa shape index (κ3) is 3.81. The van der Waals surface area contributed by atoms with Crippen molar-refractivity contribution in [3.8, 4) is 0 Å². The Labute approximate surface area is 118 Å². The number of nitrogens with zero attached hydrogens (tertiary/aromatic N) is 3. The van der Waals surface area contributed by atoms with Crippen molar-refractivity contribution in [3.05, 3.63) is 35.8 Å². The Morgan fingerprint density at radius 2 is 2.21 bits per heavy atom. The van der Waals surface area contributed by atoms with Gasteiger partial charge in [-0.1, -0.05) is 13.0 Å². The summed E-state index contributed by atoms with van der Waals surface area (Å²) >= 11 is 1.60. The summed E-state index contributed by atoms with van der Waals surface area (Å²) in [6.45, 7) is 6.20. The molecule has 0 aliphatic rings. The molecule has 2 rings (SSSR count). The number of rotatable bonds is 6. The molecular formula is C14H20N4S. The largest absolute Gasteiger partial charge is 0.329 e. The van der Waals surface area contributed by atoms with E-state index in [2.05, 4.69) is 35.2 Å². The van der Waals surface area contributed by atoms with E-state index in [4.69, 9.17) is 0 Å². The Hall–Kier alpha value is -1.33. The van der Waals surface area contributed by atoms with Crippen LogP contribution in [0.25, 0.3) is 0 Å². The lowest BCUT2D eigenvalue weighted by Gasteiger charge is -2.08. The molecule has 0 unspecified atom stereocenters. The van der Waals surface area contributed by atoms with Gasteiger partial charge in [-0.25, -0.2) is 9.97 Å². The van der Waals surface area contributed by atoms with Crippen molar-refractivity contribution in [2.24, 2.45) is 7.05 Å². The summed E-state index contributed by atoms with van der Waals surface area (Å²) in [7, 11) is 1.99. The van der Waals surface area contributed by atoms with Gasteiger partial charge in [0.2, 0.25) is 0 Å². The molecule has 4 nitrogen and oxygen atoms in total. The number of aryl methyl sites for hydroxylation is 2. The van der Waals surface area contributed by atoms with Crippen LogP contribution < -0.4 is 5.32 Å². The van der Waals surface area contributed by atoms with E-state index in [-0.39, 0.29) is 0 Å². The van der Waals surface area contributed by atoms with Gasteiger partial charge in [0.1, 0.15) is 5.03 Å². The SMILES string of the molecule is CCCNCc1cnc(Sc2nccn2C)c(C)c1. The van der Waals surface area contributed by atoms with E-state index in [9.17, 15) is 0 Å². The minimum atomic E-state index is 0.884. The highest BCUT2D eigenvalue weighted by Crippen LogP contribution is 2.26. The van der Waals surface area contributed by atoms with Crippen molar-refractivity contribution in [1.29, 1.82) is 0 Å². The lowest BCUT2D eigenvalue weighted by Crippen LogP contribution is -2.14. The minimum Gasteiger partial charge on any atom is -0.329 e. The zero-order valence-corrected chi connectivity index (χ0v) is 12.5. The smallest absolute Gasteiger partial charge is 0.174 e. The first-order valence-corrected chi connectivity index (χ1v) is 7.33. The van der Waals surface area contributed by atoms with Gasteiger partial charge in [0, 0.05) is 32.2 Å². The maximum absolute atomic E-state index is 4.54. The summed E-state index contributed by atoms with van der Waals surface area (Å²) in [5, 5.41) is 5.38. The highest BCUT2D eigenvalue weighted by atomic mass is 32.2. The van der Waals surface area contributed by atoms with E-state index in [0.717, 1.165) is 29.7 Å². The molecule has 0 aliphatic carbocycles. The summed E-state index contributed by atoms with van der Waals surface area (Å²) in [5.74, 6) is 0. The summed E-state index contributed by atoms with van der Waals surface area (Å²) in [4.78, 5) is 8.85. The topological polar surface area (TPSA) is 42.7 Å². The summed E-state index contributed by atoms with van der Waals surface area (Å²) < 4.78 is 2.00. The highest BCUT2D eigenvalue weighted by molar-refractivity contribution is 7.99. The molecule has 0 aromatic carbocycles. The van der Waals surface area contributed by atoms with Crippen LogP contribution in [-0.2, 0) is 13.6 Å². The van der Waals surface area contributed by atoms with E-state index in [1.165, 1.54) is 11.1 Å². The third-order valence-corrected chi connectivity index (χ3v) is 4.00. The predicted octanol–water partition coefficient (Wildman–Crippen LogP) is 2.77. The van der Waals surface area contributed by atoms with E-state index >= 15 is 0 Å². The van der Waals surface area contributed by atoms with Gasteiger partial charge in [-0.05, 0) is 42.8 Å². The zero-order valence-electron chi connectivity index (χ0n) is 11.7. The quantitative estimate of drug-likeness (QED) is 0.824. The van der Waals surface area contributed by atoms with Crippen LogP contribution in [0.3, 0.4) is 0 Å². The summed E-state index contributed by atoms with van der Waals surface area (Å²) in [6.07, 6.45) is 6.85. The van der Waals surface area contributed by atoms with Gasteiger partial charge in [0.05, 0.1) is 0 Å². The van der Waals surface area contributed by atoms with Crippen molar-refractivity contribution in [3.63, 3.8) is 0 Å². The number of aromatic nitrogens is 3. The normalized spacial score (nSPS) is 10.9. The van der Waals surface area contributed by atoms with Crippen molar-refractivity contribution in [1.82, 2.24) is 19.9 Å². The molecule has 2 aromatic heterocycles. The second kappa shape index (κ2) is 6.73. The Balaban J connectivity index is 2.05. The molecule has 5 heteroatoms. The maximum Gasteiger partial charge on any atom is 0.174 e. The number of nitrogens with one attached hydrogen (secondary N) is 1. The molecule has 0 fully saturated rings. The standard InChI is InChI=1S/C14H20N4S/c1-4-5-15-9-12-8-11(2)13(17-10-12)19-14-16-6-7-18(14)3/h6-8,10,15H,4-5,9H2,1-3H3. The molecular weight excluding hydrogens is 256 g/mol. The molecule has 0 bridgehead atoms. The third-order valence-electron chi connectivity index (χ3n) is 2.81. The minimum absolute atomic E-state index is 0.884. The average molecular weight is 276 g/mol. The van der Waals surface area contributed by atoms with Crippen molar-refractivity contribution in [2.45, 2.75) is 37.0 Å². The van der Waals surface area contributed by atoms with Crippen LogP contribution in [0.2, 0.25) is 0 Å². The lowest BCUT2D eigenvalue weighted by atomic mass is 10.2. The van der Waals surface area contributed by atoms with Crippen molar-refractivity contribution in [2.75, 3.05) is 6.54 Å². The summed E-state index contributed by atoms with van der Waals surface area (Å²) in [6, 6.07) is 2.20. The van der Waals surface area contributed by atoms with E-state index in [1.54, 1.807) is 18.0 Å². The van der Waals surface area contributed by atoms with E-state index in [0.29, 0.717) is 0 Å². The fourth-order valence-corrected chi connectivity index (χ4v) is 2.59. The van der Waals surface area contributed by atoms with E-state index < -0.39 is 0 Å². The lowest BCUT2D eigenvalue weighted by molar-refractivity contribution is 0.672. The Morgan fingerprint density at radius 1 is 1.37 bits per heavy atom. The fraction of sp³-hybridized carbons (Fsp3) is 0.429. The number of pyridine rings is 1. The van der Waals surface area contributed by atoms with Crippen LogP contribution >= 0.6 is 11.8 Å². The fourth-order valence-electron chi connectivity index (χ4n) is 1.77. The van der Waals surface area contributed by atoms with Gasteiger partial charge in [0.25, 0.3) is 0 Å². The first-order valence-electron chi connectivity index (χ1n) is 6.52. The van der Waals surface area contributed by atoms with Crippen LogP contribution in [0.1, 0.15) is 24.5 Å². The summed E-state index contributed by atoms with van der Waals surface area (Å²) in [5.41, 5.74) is 2.43. The van der Waals surface area contributed by atoms with Gasteiger partial charge in [0.15, 0.2) is 5.16 Å². The van der Waals surface area contributed by atoms with Crippen LogP contribution in [0.5, 0.6) is 0 Å². The zero-order chi connectivity index (χ0) is 13.7. The molecule has 1 N–H and O–H groups in total. The molecule has 2 heterocycles.